The van der Waals surface area contributed by atoms with Crippen LogP contribution in [0.25, 0.3) is 5.65 Å². The third-order valence-corrected chi connectivity index (χ3v) is 3.75. The van der Waals surface area contributed by atoms with Gasteiger partial charge in [-0.1, -0.05) is 6.07 Å². The van der Waals surface area contributed by atoms with E-state index in [1.165, 1.54) is 0 Å². The molecule has 1 fully saturated rings. The number of nitrogens with zero attached hydrogens (tertiary/aromatic N) is 3. The van der Waals surface area contributed by atoms with Crippen molar-refractivity contribution in [3.05, 3.63) is 30.6 Å². The van der Waals surface area contributed by atoms with Gasteiger partial charge >= 0.3 is 0 Å². The van der Waals surface area contributed by atoms with E-state index in [0.717, 1.165) is 37.4 Å². The number of aromatic nitrogens is 2. The lowest BCUT2D eigenvalue weighted by Gasteiger charge is -2.32. The monoisotopic (exact) mass is 273 g/mol. The zero-order valence-corrected chi connectivity index (χ0v) is 11.3. The maximum Gasteiger partial charge on any atom is 0.231 e. The average molecular weight is 273 g/mol. The number of hydrogen-bond donors (Lipinski definition) is 2. The minimum atomic E-state index is -0.250. The van der Waals surface area contributed by atoms with Crippen LogP contribution < -0.4 is 11.1 Å². The van der Waals surface area contributed by atoms with Crippen molar-refractivity contribution in [1.82, 2.24) is 14.3 Å². The lowest BCUT2D eigenvalue weighted by Crippen LogP contribution is -2.43. The number of nitrogens with two attached hydrogens (primary N) is 1. The summed E-state index contributed by atoms with van der Waals surface area (Å²) in [4.78, 5) is 17.3. The standard InChI is InChI=1S/C14H19N5O/c15-12(20)10-18-7-4-11(5-8-18)17-14-3-1-2-13-16-6-9-19(13)14/h1-3,6,9,11,17H,4-5,7-8,10H2,(H2,15,20). The molecule has 3 N–H and O–H groups in total. The minimum absolute atomic E-state index is 0.250. The molecule has 0 aromatic carbocycles. The first-order valence-electron chi connectivity index (χ1n) is 6.91. The first-order chi connectivity index (χ1) is 9.72. The number of carbonyl (C=O) groups excluding carboxylic acids is 1. The summed E-state index contributed by atoms with van der Waals surface area (Å²) in [6.07, 6.45) is 5.78. The SMILES string of the molecule is NC(=O)CN1CCC(Nc2cccc3nccn23)CC1. The van der Waals surface area contributed by atoms with Crippen LogP contribution in [-0.4, -0.2) is 45.9 Å². The van der Waals surface area contributed by atoms with Crippen molar-refractivity contribution < 1.29 is 4.79 Å². The van der Waals surface area contributed by atoms with Crippen LogP contribution >= 0.6 is 0 Å². The molecule has 0 radical (unpaired) electrons. The predicted molar refractivity (Wildman–Crippen MR) is 77.5 cm³/mol. The van der Waals surface area contributed by atoms with Crippen molar-refractivity contribution in [1.29, 1.82) is 0 Å². The Morgan fingerprint density at radius 2 is 2.20 bits per heavy atom. The van der Waals surface area contributed by atoms with Crippen molar-refractivity contribution in [2.75, 3.05) is 25.0 Å². The van der Waals surface area contributed by atoms with Crippen LogP contribution in [0.3, 0.4) is 0 Å². The van der Waals surface area contributed by atoms with Crippen molar-refractivity contribution in [2.24, 2.45) is 5.73 Å². The van der Waals surface area contributed by atoms with E-state index in [9.17, 15) is 4.79 Å². The number of nitrogens with one attached hydrogen (secondary N) is 1. The zero-order valence-electron chi connectivity index (χ0n) is 11.3. The molecule has 0 bridgehead atoms. The van der Waals surface area contributed by atoms with Crippen molar-refractivity contribution >= 4 is 17.4 Å². The van der Waals surface area contributed by atoms with E-state index in [1.54, 1.807) is 6.20 Å². The zero-order chi connectivity index (χ0) is 13.9. The first kappa shape index (κ1) is 12.9. The van der Waals surface area contributed by atoms with Crippen molar-refractivity contribution in [3.63, 3.8) is 0 Å². The van der Waals surface area contributed by atoms with Gasteiger partial charge in [-0.05, 0) is 25.0 Å². The highest BCUT2D eigenvalue weighted by atomic mass is 16.1. The van der Waals surface area contributed by atoms with Crippen molar-refractivity contribution in [3.8, 4) is 0 Å². The Hall–Kier alpha value is -2.08. The third-order valence-electron chi connectivity index (χ3n) is 3.75. The van der Waals surface area contributed by atoms with Gasteiger partial charge in [0.05, 0.1) is 6.54 Å². The van der Waals surface area contributed by atoms with Gasteiger partial charge in [-0.3, -0.25) is 14.1 Å². The highest BCUT2D eigenvalue weighted by molar-refractivity contribution is 5.75. The van der Waals surface area contributed by atoms with Gasteiger partial charge in [-0.15, -0.1) is 0 Å². The number of rotatable bonds is 4. The Balaban J connectivity index is 1.62. The maximum atomic E-state index is 10.9. The fourth-order valence-electron chi connectivity index (χ4n) is 2.73. The maximum absolute atomic E-state index is 10.9. The Morgan fingerprint density at radius 1 is 1.40 bits per heavy atom. The molecule has 1 aliphatic rings. The second kappa shape index (κ2) is 5.50. The fourth-order valence-corrected chi connectivity index (χ4v) is 2.73. The van der Waals surface area contributed by atoms with Crippen LogP contribution in [0.2, 0.25) is 0 Å². The number of anilines is 1. The summed E-state index contributed by atoms with van der Waals surface area (Å²) < 4.78 is 2.05. The lowest BCUT2D eigenvalue weighted by molar-refractivity contribution is -0.119. The summed E-state index contributed by atoms with van der Waals surface area (Å²) in [5.74, 6) is 0.813. The predicted octanol–water partition coefficient (Wildman–Crippen LogP) is 0.696. The van der Waals surface area contributed by atoms with Crippen LogP contribution in [0.5, 0.6) is 0 Å². The molecule has 106 valence electrons. The van der Waals surface area contributed by atoms with Gasteiger partial charge in [0.25, 0.3) is 0 Å². The largest absolute Gasteiger partial charge is 0.369 e. The molecule has 2 aromatic heterocycles. The van der Waals surface area contributed by atoms with E-state index in [-0.39, 0.29) is 5.91 Å². The molecule has 0 unspecified atom stereocenters. The summed E-state index contributed by atoms with van der Waals surface area (Å²) >= 11 is 0. The third kappa shape index (κ3) is 2.75. The molecule has 1 saturated heterocycles. The molecule has 3 heterocycles. The summed E-state index contributed by atoms with van der Waals surface area (Å²) in [7, 11) is 0. The minimum Gasteiger partial charge on any atom is -0.369 e. The van der Waals surface area contributed by atoms with Crippen molar-refractivity contribution in [2.45, 2.75) is 18.9 Å². The molecule has 0 atom stereocenters. The molecule has 2 aromatic rings. The number of likely N-dealkylation sites (tertiary alicyclic amines) is 1. The molecule has 0 saturated carbocycles. The molecule has 1 amide bonds. The first-order valence-corrected chi connectivity index (χ1v) is 6.91. The summed E-state index contributed by atoms with van der Waals surface area (Å²) in [6, 6.07) is 6.48. The highest BCUT2D eigenvalue weighted by Gasteiger charge is 2.20. The van der Waals surface area contributed by atoms with Gasteiger partial charge in [-0.2, -0.15) is 0 Å². The van der Waals surface area contributed by atoms with Crippen LogP contribution in [0, 0.1) is 0 Å². The quantitative estimate of drug-likeness (QED) is 0.859. The number of carbonyl (C=O) groups is 1. The Labute approximate surface area is 117 Å². The number of fused-ring (bicyclic) bond motifs is 1. The number of piperidine rings is 1. The number of amides is 1. The van der Waals surface area contributed by atoms with E-state index in [2.05, 4.69) is 25.7 Å². The average Bonchev–Trinajstić information content (AvgIpc) is 2.90. The molecule has 0 spiro atoms. The van der Waals surface area contributed by atoms with E-state index >= 15 is 0 Å². The molecular formula is C14H19N5O. The second-order valence-corrected chi connectivity index (χ2v) is 5.23. The summed E-state index contributed by atoms with van der Waals surface area (Å²) in [5.41, 5.74) is 6.17. The topological polar surface area (TPSA) is 75.7 Å². The van der Waals surface area contributed by atoms with Gasteiger partial charge < -0.3 is 11.1 Å². The van der Waals surface area contributed by atoms with E-state index < -0.39 is 0 Å². The Morgan fingerprint density at radius 3 is 2.95 bits per heavy atom. The summed E-state index contributed by atoms with van der Waals surface area (Å²) in [6.45, 7) is 2.17. The van der Waals surface area contributed by atoms with E-state index in [0.29, 0.717) is 12.6 Å². The molecule has 20 heavy (non-hydrogen) atoms. The molecule has 1 aliphatic heterocycles. The number of pyridine rings is 1. The molecule has 6 nitrogen and oxygen atoms in total. The summed E-state index contributed by atoms with van der Waals surface area (Å²) in [5, 5.41) is 3.56. The van der Waals surface area contributed by atoms with Crippen LogP contribution in [0.4, 0.5) is 5.82 Å². The van der Waals surface area contributed by atoms with Gasteiger partial charge in [0.2, 0.25) is 5.91 Å². The van der Waals surface area contributed by atoms with Gasteiger partial charge in [-0.25, -0.2) is 4.98 Å². The van der Waals surface area contributed by atoms with E-state index in [1.807, 2.05) is 18.3 Å². The number of primary amides is 1. The number of hydrogen-bond acceptors (Lipinski definition) is 4. The van der Waals surface area contributed by atoms with Crippen LogP contribution in [-0.2, 0) is 4.79 Å². The van der Waals surface area contributed by atoms with Gasteiger partial charge in [0.15, 0.2) is 0 Å². The molecule has 6 heteroatoms. The normalized spacial score (nSPS) is 17.4. The van der Waals surface area contributed by atoms with Gasteiger partial charge in [0, 0.05) is 31.5 Å². The second-order valence-electron chi connectivity index (χ2n) is 5.23. The molecule has 0 aliphatic carbocycles. The smallest absolute Gasteiger partial charge is 0.231 e. The van der Waals surface area contributed by atoms with Gasteiger partial charge in [0.1, 0.15) is 11.5 Å². The van der Waals surface area contributed by atoms with E-state index in [4.69, 9.17) is 5.73 Å². The molecular weight excluding hydrogens is 254 g/mol. The lowest BCUT2D eigenvalue weighted by atomic mass is 10.1. The number of imidazole rings is 1. The van der Waals surface area contributed by atoms with Crippen LogP contribution in [0.15, 0.2) is 30.6 Å². The Bertz CT molecular complexity index is 600. The Kier molecular flexibility index (Phi) is 3.56. The fraction of sp³-hybridized carbons (Fsp3) is 0.429. The van der Waals surface area contributed by atoms with Crippen LogP contribution in [0.1, 0.15) is 12.8 Å². The highest BCUT2D eigenvalue weighted by Crippen LogP contribution is 2.17. The molecule has 3 rings (SSSR count).